The van der Waals surface area contributed by atoms with Crippen molar-refractivity contribution in [2.24, 2.45) is 0 Å². The normalized spacial score (nSPS) is 18.2. The maximum Gasteiger partial charge on any atom is 0.422 e. The third-order valence-corrected chi connectivity index (χ3v) is 5.04. The lowest BCUT2D eigenvalue weighted by Gasteiger charge is -2.34. The Morgan fingerprint density at radius 3 is 2.71 bits per heavy atom. The van der Waals surface area contributed by atoms with Crippen LogP contribution in [0.3, 0.4) is 0 Å². The van der Waals surface area contributed by atoms with Crippen molar-refractivity contribution in [3.05, 3.63) is 46.0 Å². The molecule has 1 aromatic rings. The van der Waals surface area contributed by atoms with Crippen molar-refractivity contribution >= 4 is 23.3 Å². The van der Waals surface area contributed by atoms with Crippen LogP contribution in [0.1, 0.15) is 22.8 Å². The van der Waals surface area contributed by atoms with Crippen LogP contribution in [0.2, 0.25) is 0 Å². The minimum atomic E-state index is -4.45. The van der Waals surface area contributed by atoms with E-state index in [4.69, 9.17) is 16.3 Å². The van der Waals surface area contributed by atoms with Gasteiger partial charge in [0.1, 0.15) is 10.9 Å². The van der Waals surface area contributed by atoms with Crippen LogP contribution in [0, 0.1) is 0 Å². The number of nitrogens with zero attached hydrogens (tertiary/aromatic N) is 3. The molecular formula is C18H20ClF3N4O2. The van der Waals surface area contributed by atoms with Crippen LogP contribution in [0.15, 0.2) is 34.8 Å². The molecule has 1 N–H and O–H groups in total. The molecule has 1 aromatic heterocycles. The monoisotopic (exact) mass is 416 g/mol. The molecule has 0 fully saturated rings. The minimum Gasteiger partial charge on any atom is -0.468 e. The highest BCUT2D eigenvalue weighted by atomic mass is 35.5. The van der Waals surface area contributed by atoms with Crippen molar-refractivity contribution in [1.82, 2.24) is 14.8 Å². The molecule has 2 aliphatic rings. The molecule has 0 aromatic carbocycles. The van der Waals surface area contributed by atoms with Crippen LogP contribution in [0.4, 0.5) is 19.0 Å². The molecule has 1 amide bonds. The summed E-state index contributed by atoms with van der Waals surface area (Å²) in [6.07, 6.45) is -1.30. The quantitative estimate of drug-likeness (QED) is 0.798. The van der Waals surface area contributed by atoms with E-state index < -0.39 is 12.8 Å². The number of carbonyl (C=O) groups is 1. The first-order valence-electron chi connectivity index (χ1n) is 8.60. The van der Waals surface area contributed by atoms with E-state index in [0.717, 1.165) is 11.1 Å². The molecular weight excluding hydrogens is 397 g/mol. The van der Waals surface area contributed by atoms with Gasteiger partial charge in [0.2, 0.25) is 5.88 Å². The second-order valence-electron chi connectivity index (χ2n) is 6.68. The van der Waals surface area contributed by atoms with Gasteiger partial charge in [-0.15, -0.1) is 0 Å². The fourth-order valence-corrected chi connectivity index (χ4v) is 3.70. The standard InChI is InChI=1S/C18H20ClF3N4O2/c1-10(26-8-13-12(16(26)27)4-5-24-15(13)23-2)11-6-14(19)17(25(3)7-11)28-9-18(20,21)22/h4-6,10H,7-9H2,1-3H3,(H,23,24). The second-order valence-corrected chi connectivity index (χ2v) is 7.08. The van der Waals surface area contributed by atoms with Crippen molar-refractivity contribution < 1.29 is 22.7 Å². The average molecular weight is 417 g/mol. The van der Waals surface area contributed by atoms with Gasteiger partial charge < -0.3 is 19.9 Å². The zero-order chi connectivity index (χ0) is 20.6. The number of ether oxygens (including phenoxy) is 1. The molecule has 0 saturated heterocycles. The SMILES string of the molecule is CNc1nccc2c1CN(C(C)C1=CC(Cl)=C(OCC(F)(F)F)N(C)C1)C2=O. The molecule has 2 aliphatic heterocycles. The number of hydrogen-bond acceptors (Lipinski definition) is 5. The Morgan fingerprint density at radius 1 is 1.39 bits per heavy atom. The highest BCUT2D eigenvalue weighted by molar-refractivity contribution is 6.31. The largest absolute Gasteiger partial charge is 0.468 e. The van der Waals surface area contributed by atoms with Gasteiger partial charge in [-0.1, -0.05) is 11.6 Å². The van der Waals surface area contributed by atoms with E-state index in [1.807, 2.05) is 6.92 Å². The summed E-state index contributed by atoms with van der Waals surface area (Å²) in [6, 6.07) is 1.38. The van der Waals surface area contributed by atoms with Crippen molar-refractivity contribution in [2.45, 2.75) is 25.7 Å². The summed E-state index contributed by atoms with van der Waals surface area (Å²) in [5.74, 6) is 0.493. The lowest BCUT2D eigenvalue weighted by Crippen LogP contribution is -2.39. The fraction of sp³-hybridized carbons (Fsp3) is 0.444. The Kier molecular flexibility index (Phi) is 5.47. The van der Waals surface area contributed by atoms with E-state index in [9.17, 15) is 18.0 Å². The number of allylic oxidation sites excluding steroid dienone is 2. The minimum absolute atomic E-state index is 0.0346. The van der Waals surface area contributed by atoms with Gasteiger partial charge in [0.25, 0.3) is 5.91 Å². The fourth-order valence-electron chi connectivity index (χ4n) is 3.36. The first kappa shape index (κ1) is 20.3. The Labute approximate surface area is 165 Å². The molecule has 0 aliphatic carbocycles. The third kappa shape index (κ3) is 3.89. The van der Waals surface area contributed by atoms with Crippen LogP contribution < -0.4 is 5.32 Å². The number of rotatable bonds is 5. The van der Waals surface area contributed by atoms with Gasteiger partial charge in [0, 0.05) is 38.0 Å². The molecule has 1 atom stereocenters. The van der Waals surface area contributed by atoms with Gasteiger partial charge in [-0.2, -0.15) is 13.2 Å². The Balaban J connectivity index is 1.81. The number of carbonyl (C=O) groups excluding carboxylic acids is 1. The summed E-state index contributed by atoms with van der Waals surface area (Å²) in [6.45, 7) is 1.13. The van der Waals surface area contributed by atoms with Crippen LogP contribution in [0.25, 0.3) is 0 Å². The number of halogens is 4. The van der Waals surface area contributed by atoms with E-state index in [1.54, 1.807) is 37.3 Å². The Morgan fingerprint density at radius 2 is 2.11 bits per heavy atom. The molecule has 10 heteroatoms. The summed E-state index contributed by atoms with van der Waals surface area (Å²) < 4.78 is 42.1. The summed E-state index contributed by atoms with van der Waals surface area (Å²) in [4.78, 5) is 20.3. The van der Waals surface area contributed by atoms with Gasteiger partial charge in [0.05, 0.1) is 12.6 Å². The first-order chi connectivity index (χ1) is 13.1. The number of fused-ring (bicyclic) bond motifs is 1. The molecule has 3 heterocycles. The number of alkyl halides is 3. The third-order valence-electron chi connectivity index (χ3n) is 4.77. The maximum absolute atomic E-state index is 12.8. The van der Waals surface area contributed by atoms with E-state index in [1.165, 1.54) is 4.90 Å². The van der Waals surface area contributed by atoms with Crippen molar-refractivity contribution in [3.8, 4) is 0 Å². The van der Waals surface area contributed by atoms with Crippen LogP contribution >= 0.6 is 11.6 Å². The zero-order valence-electron chi connectivity index (χ0n) is 15.6. The molecule has 1 unspecified atom stereocenters. The summed E-state index contributed by atoms with van der Waals surface area (Å²) in [5, 5.41) is 3.05. The predicted octanol–water partition coefficient (Wildman–Crippen LogP) is 3.33. The molecule has 3 rings (SSSR count). The van der Waals surface area contributed by atoms with Gasteiger partial charge in [-0.3, -0.25) is 4.79 Å². The molecule has 0 radical (unpaired) electrons. The lowest BCUT2D eigenvalue weighted by molar-refractivity contribution is -0.169. The van der Waals surface area contributed by atoms with Crippen LogP contribution in [-0.2, 0) is 11.3 Å². The maximum atomic E-state index is 12.8. The number of amides is 1. The zero-order valence-corrected chi connectivity index (χ0v) is 16.4. The first-order valence-corrected chi connectivity index (χ1v) is 8.97. The number of likely N-dealkylation sites (N-methyl/N-ethyl adjacent to an activating group) is 1. The Hall–Kier alpha value is -2.42. The molecule has 152 valence electrons. The lowest BCUT2D eigenvalue weighted by atomic mass is 10.0. The summed E-state index contributed by atoms with van der Waals surface area (Å²) in [7, 11) is 3.34. The second kappa shape index (κ2) is 7.54. The Bertz CT molecular complexity index is 854. The number of pyridine rings is 1. The summed E-state index contributed by atoms with van der Waals surface area (Å²) >= 11 is 6.17. The highest BCUT2D eigenvalue weighted by Gasteiger charge is 2.36. The van der Waals surface area contributed by atoms with Crippen LogP contribution in [0.5, 0.6) is 0 Å². The molecule has 6 nitrogen and oxygen atoms in total. The molecule has 0 spiro atoms. The highest BCUT2D eigenvalue weighted by Crippen LogP contribution is 2.33. The number of nitrogens with one attached hydrogen (secondary N) is 1. The molecule has 0 saturated carbocycles. The topological polar surface area (TPSA) is 57.7 Å². The number of anilines is 1. The van der Waals surface area contributed by atoms with Gasteiger partial charge in [0.15, 0.2) is 6.61 Å². The predicted molar refractivity (Wildman–Crippen MR) is 98.7 cm³/mol. The van der Waals surface area contributed by atoms with Crippen molar-refractivity contribution in [3.63, 3.8) is 0 Å². The average Bonchev–Trinajstić information content (AvgIpc) is 2.96. The smallest absolute Gasteiger partial charge is 0.422 e. The van der Waals surface area contributed by atoms with E-state index in [0.29, 0.717) is 24.5 Å². The van der Waals surface area contributed by atoms with Crippen molar-refractivity contribution in [1.29, 1.82) is 0 Å². The molecule has 0 bridgehead atoms. The molecule has 28 heavy (non-hydrogen) atoms. The van der Waals surface area contributed by atoms with Crippen molar-refractivity contribution in [2.75, 3.05) is 32.6 Å². The summed E-state index contributed by atoms with van der Waals surface area (Å²) in [5.41, 5.74) is 2.21. The number of aromatic nitrogens is 1. The van der Waals surface area contributed by atoms with E-state index in [2.05, 4.69) is 10.3 Å². The van der Waals surface area contributed by atoms with E-state index >= 15 is 0 Å². The number of hydrogen-bond donors (Lipinski definition) is 1. The van der Waals surface area contributed by atoms with Crippen LogP contribution in [-0.4, -0.2) is 60.2 Å². The van der Waals surface area contributed by atoms with Gasteiger partial charge in [-0.05, 0) is 24.6 Å². The van der Waals surface area contributed by atoms with Gasteiger partial charge >= 0.3 is 6.18 Å². The van der Waals surface area contributed by atoms with E-state index in [-0.39, 0.29) is 22.9 Å². The van der Waals surface area contributed by atoms with Gasteiger partial charge in [-0.25, -0.2) is 4.98 Å².